The van der Waals surface area contributed by atoms with Gasteiger partial charge in [-0.3, -0.25) is 10.1 Å². The summed E-state index contributed by atoms with van der Waals surface area (Å²) >= 11 is 0. The third kappa shape index (κ3) is 3.78. The van der Waals surface area contributed by atoms with E-state index in [0.717, 1.165) is 17.0 Å². The summed E-state index contributed by atoms with van der Waals surface area (Å²) < 4.78 is 7.31. The topological polar surface area (TPSA) is 105 Å². The Hall–Kier alpha value is -4.36. The number of nitrogens with zero attached hydrogens (tertiary/aromatic N) is 4. The number of nitro benzene ring substituents is 1. The van der Waals surface area contributed by atoms with Crippen LogP contribution in [0.3, 0.4) is 0 Å². The van der Waals surface area contributed by atoms with Crippen molar-refractivity contribution in [2.75, 3.05) is 7.11 Å². The molecule has 0 unspecified atom stereocenters. The molecule has 0 atom stereocenters. The zero-order chi connectivity index (χ0) is 21.8. The molecule has 0 spiro atoms. The highest BCUT2D eigenvalue weighted by molar-refractivity contribution is 5.90. The van der Waals surface area contributed by atoms with Crippen molar-refractivity contribution >= 4 is 17.3 Å². The van der Waals surface area contributed by atoms with Crippen LogP contribution in [0.4, 0.5) is 5.69 Å². The molecule has 0 bridgehead atoms. The van der Waals surface area contributed by atoms with Gasteiger partial charge in [-0.25, -0.2) is 0 Å². The molecule has 0 aliphatic carbocycles. The van der Waals surface area contributed by atoms with Crippen molar-refractivity contribution in [2.45, 2.75) is 13.8 Å². The molecule has 1 aromatic heterocycles. The highest BCUT2D eigenvalue weighted by Gasteiger charge is 2.17. The fraction of sp³-hybridized carbons (Fsp3) is 0.130. The summed E-state index contributed by atoms with van der Waals surface area (Å²) in [5.74, 6) is 0.378. The van der Waals surface area contributed by atoms with E-state index in [-0.39, 0.29) is 5.69 Å². The maximum atomic E-state index is 11.1. The molecule has 0 aliphatic heterocycles. The lowest BCUT2D eigenvalue weighted by atomic mass is 10.0. The van der Waals surface area contributed by atoms with Gasteiger partial charge in [0, 0.05) is 17.5 Å². The molecule has 7 nitrogen and oxygen atoms in total. The van der Waals surface area contributed by atoms with Crippen molar-refractivity contribution in [1.29, 1.82) is 10.5 Å². The molecule has 0 saturated heterocycles. The Morgan fingerprint density at radius 1 is 1.17 bits per heavy atom. The maximum absolute atomic E-state index is 11.1. The van der Waals surface area contributed by atoms with E-state index in [0.29, 0.717) is 28.1 Å². The summed E-state index contributed by atoms with van der Waals surface area (Å²) in [7, 11) is 1.47. The molecule has 7 heteroatoms. The van der Waals surface area contributed by atoms with Crippen molar-refractivity contribution < 1.29 is 9.66 Å². The Labute approximate surface area is 173 Å². The second-order valence-corrected chi connectivity index (χ2v) is 6.64. The number of aromatic nitrogens is 1. The molecule has 0 aliphatic rings. The predicted octanol–water partition coefficient (Wildman–Crippen LogP) is 4.95. The van der Waals surface area contributed by atoms with Crippen molar-refractivity contribution in [3.8, 4) is 23.6 Å². The van der Waals surface area contributed by atoms with Crippen LogP contribution < -0.4 is 4.74 Å². The molecular formula is C23H18N4O3. The predicted molar refractivity (Wildman–Crippen MR) is 113 cm³/mol. The monoisotopic (exact) mass is 398 g/mol. The highest BCUT2D eigenvalue weighted by atomic mass is 16.6. The Morgan fingerprint density at radius 2 is 1.93 bits per heavy atom. The number of aryl methyl sites for hydroxylation is 1. The zero-order valence-electron chi connectivity index (χ0n) is 16.7. The third-order valence-corrected chi connectivity index (χ3v) is 4.81. The first-order valence-corrected chi connectivity index (χ1v) is 9.03. The first-order valence-electron chi connectivity index (χ1n) is 9.03. The second kappa shape index (κ2) is 8.34. The smallest absolute Gasteiger partial charge is 0.273 e. The van der Waals surface area contributed by atoms with E-state index in [9.17, 15) is 15.4 Å². The van der Waals surface area contributed by atoms with Gasteiger partial charge in [0.2, 0.25) is 0 Å². The lowest BCUT2D eigenvalue weighted by Gasteiger charge is -2.14. The average molecular weight is 398 g/mol. The number of hydrogen-bond acceptors (Lipinski definition) is 5. The van der Waals surface area contributed by atoms with E-state index >= 15 is 0 Å². The second-order valence-electron chi connectivity index (χ2n) is 6.64. The molecular weight excluding hydrogens is 380 g/mol. The Morgan fingerprint density at radius 3 is 2.57 bits per heavy atom. The Kier molecular flexibility index (Phi) is 5.66. The van der Waals surface area contributed by atoms with Crippen molar-refractivity contribution in [2.24, 2.45) is 0 Å². The van der Waals surface area contributed by atoms with Crippen LogP contribution in [0.5, 0.6) is 5.75 Å². The summed E-state index contributed by atoms with van der Waals surface area (Å²) in [6.45, 7) is 3.81. The number of non-ortho nitro benzene ring substituents is 1. The lowest BCUT2D eigenvalue weighted by molar-refractivity contribution is -0.384. The highest BCUT2D eigenvalue weighted by Crippen LogP contribution is 2.32. The normalized spacial score (nSPS) is 10.9. The van der Waals surface area contributed by atoms with Gasteiger partial charge in [0.1, 0.15) is 5.75 Å². The van der Waals surface area contributed by atoms with Crippen molar-refractivity contribution in [3.05, 3.63) is 86.7 Å². The summed E-state index contributed by atoms with van der Waals surface area (Å²) in [6, 6.07) is 17.6. The molecule has 3 rings (SSSR count). The molecule has 30 heavy (non-hydrogen) atoms. The number of methoxy groups -OCH3 is 1. The Bertz CT molecular complexity index is 1260. The van der Waals surface area contributed by atoms with Gasteiger partial charge in [-0.1, -0.05) is 12.1 Å². The SMILES string of the molecule is COc1cc([N+](=O)[O-])ccc1-n1c(C)cc(C=C(C#N)c2cccc(C#N)c2)c1C. The number of nitriles is 2. The van der Waals surface area contributed by atoms with Crippen LogP contribution in [0, 0.1) is 46.6 Å². The van der Waals surface area contributed by atoms with Crippen LogP contribution in [-0.4, -0.2) is 16.6 Å². The first-order chi connectivity index (χ1) is 14.4. The molecule has 0 amide bonds. The summed E-state index contributed by atoms with van der Waals surface area (Å²) in [5, 5.41) is 29.8. The first kappa shape index (κ1) is 20.4. The van der Waals surface area contributed by atoms with Gasteiger partial charge >= 0.3 is 0 Å². The van der Waals surface area contributed by atoms with E-state index in [1.807, 2.05) is 24.5 Å². The minimum atomic E-state index is -0.468. The van der Waals surface area contributed by atoms with Gasteiger partial charge < -0.3 is 9.30 Å². The quantitative estimate of drug-likeness (QED) is 0.344. The largest absolute Gasteiger partial charge is 0.494 e. The number of rotatable bonds is 5. The molecule has 0 radical (unpaired) electrons. The fourth-order valence-electron chi connectivity index (χ4n) is 3.36. The molecule has 2 aromatic carbocycles. The van der Waals surface area contributed by atoms with E-state index in [2.05, 4.69) is 12.1 Å². The molecule has 3 aromatic rings. The van der Waals surface area contributed by atoms with E-state index < -0.39 is 4.92 Å². The molecule has 148 valence electrons. The third-order valence-electron chi connectivity index (χ3n) is 4.81. The molecule has 1 heterocycles. The van der Waals surface area contributed by atoms with Crippen LogP contribution in [0.25, 0.3) is 17.3 Å². The number of allylic oxidation sites excluding steroid dienone is 1. The van der Waals surface area contributed by atoms with Crippen LogP contribution in [0.2, 0.25) is 0 Å². The minimum Gasteiger partial charge on any atom is -0.494 e. The van der Waals surface area contributed by atoms with Crippen LogP contribution in [0.1, 0.15) is 28.1 Å². The number of ether oxygens (including phenoxy) is 1. The standard InChI is InChI=1S/C23H18N4O3/c1-15-9-19(11-20(14-25)18-6-4-5-17(10-18)13-24)16(2)26(15)22-8-7-21(27(28)29)12-23(22)30-3/h4-12H,1-3H3. The van der Waals surface area contributed by atoms with Gasteiger partial charge in [-0.2, -0.15) is 10.5 Å². The van der Waals surface area contributed by atoms with Gasteiger partial charge in [0.25, 0.3) is 5.69 Å². The lowest BCUT2D eigenvalue weighted by Crippen LogP contribution is -2.03. The summed E-state index contributed by atoms with van der Waals surface area (Å²) in [6.07, 6.45) is 1.77. The van der Waals surface area contributed by atoms with Gasteiger partial charge in [0.05, 0.1) is 47.1 Å². The fourth-order valence-corrected chi connectivity index (χ4v) is 3.36. The summed E-state index contributed by atoms with van der Waals surface area (Å²) in [4.78, 5) is 10.6. The van der Waals surface area contributed by atoms with Crippen LogP contribution in [-0.2, 0) is 0 Å². The minimum absolute atomic E-state index is 0.0534. The number of hydrogen-bond donors (Lipinski definition) is 0. The average Bonchev–Trinajstić information content (AvgIpc) is 3.04. The van der Waals surface area contributed by atoms with E-state index in [4.69, 9.17) is 10.00 Å². The van der Waals surface area contributed by atoms with E-state index in [1.54, 1.807) is 36.4 Å². The molecule has 0 fully saturated rings. The van der Waals surface area contributed by atoms with Crippen molar-refractivity contribution in [1.82, 2.24) is 4.57 Å². The summed E-state index contributed by atoms with van der Waals surface area (Å²) in [5.41, 5.74) is 4.75. The molecule has 0 N–H and O–H groups in total. The maximum Gasteiger partial charge on any atom is 0.273 e. The number of benzene rings is 2. The van der Waals surface area contributed by atoms with Crippen molar-refractivity contribution in [3.63, 3.8) is 0 Å². The number of nitro groups is 1. The van der Waals surface area contributed by atoms with E-state index in [1.165, 1.54) is 19.2 Å². The molecule has 0 saturated carbocycles. The van der Waals surface area contributed by atoms with Gasteiger partial charge in [0.15, 0.2) is 0 Å². The van der Waals surface area contributed by atoms with Gasteiger partial charge in [-0.15, -0.1) is 0 Å². The van der Waals surface area contributed by atoms with Crippen LogP contribution in [0.15, 0.2) is 48.5 Å². The van der Waals surface area contributed by atoms with Gasteiger partial charge in [-0.05, 0) is 55.3 Å². The zero-order valence-corrected chi connectivity index (χ0v) is 16.7. The van der Waals surface area contributed by atoms with Crippen LogP contribution >= 0.6 is 0 Å². The Balaban J connectivity index is 2.12.